The van der Waals surface area contributed by atoms with Crippen molar-refractivity contribution in [2.24, 2.45) is 16.2 Å². The van der Waals surface area contributed by atoms with Crippen LogP contribution in [0, 0.1) is 23.2 Å². The Morgan fingerprint density at radius 3 is 2.00 bits per heavy atom. The summed E-state index contributed by atoms with van der Waals surface area (Å²) in [6.07, 6.45) is 6.80. The van der Waals surface area contributed by atoms with Crippen LogP contribution in [0.5, 0.6) is 0 Å². The van der Waals surface area contributed by atoms with Crippen LogP contribution >= 0.6 is 0 Å². The summed E-state index contributed by atoms with van der Waals surface area (Å²) in [5.74, 6) is 0. The van der Waals surface area contributed by atoms with Gasteiger partial charge < -0.3 is 0 Å². The molecule has 0 nitrogen and oxygen atoms in total. The fourth-order valence-corrected chi connectivity index (χ4v) is 5.73. The largest absolute Gasteiger partial charge is 0.0599 e. The van der Waals surface area contributed by atoms with Crippen molar-refractivity contribution in [2.45, 2.75) is 66.7 Å². The molecule has 0 aromatic heterocycles. The molecular weight excluding hydrogens is 228 g/mol. The number of aryl methyl sites for hydroxylation is 1. The molecule has 1 spiro atoms. The summed E-state index contributed by atoms with van der Waals surface area (Å²) >= 11 is 0. The molecule has 0 heteroatoms. The zero-order valence-corrected chi connectivity index (χ0v) is 13.3. The Morgan fingerprint density at radius 2 is 1.37 bits per heavy atom. The number of hydrogen-bond acceptors (Lipinski definition) is 0. The summed E-state index contributed by atoms with van der Waals surface area (Å²) in [6, 6.07) is 7.10. The maximum Gasteiger partial charge on any atom is -0.0206 e. The van der Waals surface area contributed by atoms with Crippen molar-refractivity contribution in [3.05, 3.63) is 34.9 Å². The molecule has 0 amide bonds. The van der Waals surface area contributed by atoms with Crippen molar-refractivity contribution in [1.29, 1.82) is 0 Å². The number of hydrogen-bond donors (Lipinski definition) is 0. The Labute approximate surface area is 118 Å². The fraction of sp³-hybridized carbons (Fsp3) is 0.684. The van der Waals surface area contributed by atoms with Gasteiger partial charge in [-0.2, -0.15) is 0 Å². The summed E-state index contributed by atoms with van der Waals surface area (Å²) in [6.45, 7) is 12.1. The second kappa shape index (κ2) is 3.87. The maximum atomic E-state index is 2.48. The predicted octanol–water partition coefficient (Wildman–Crippen LogP) is 5.32. The minimum absolute atomic E-state index is 0.499. The van der Waals surface area contributed by atoms with E-state index in [0.29, 0.717) is 16.2 Å². The molecule has 3 rings (SSSR count). The van der Waals surface area contributed by atoms with Crippen LogP contribution < -0.4 is 0 Å². The van der Waals surface area contributed by atoms with Gasteiger partial charge in [0.25, 0.3) is 0 Å². The van der Waals surface area contributed by atoms with E-state index in [9.17, 15) is 0 Å². The Morgan fingerprint density at radius 1 is 0.789 bits per heavy atom. The monoisotopic (exact) mass is 256 g/mol. The minimum atomic E-state index is 0.499. The van der Waals surface area contributed by atoms with Crippen molar-refractivity contribution in [2.75, 3.05) is 0 Å². The average Bonchev–Trinajstić information content (AvgIpc) is 2.47. The van der Waals surface area contributed by atoms with Gasteiger partial charge in [0, 0.05) is 0 Å². The van der Waals surface area contributed by atoms with Crippen molar-refractivity contribution < 1.29 is 0 Å². The van der Waals surface area contributed by atoms with Gasteiger partial charge in [-0.15, -0.1) is 0 Å². The Bertz CT molecular complexity index is 489. The van der Waals surface area contributed by atoms with Gasteiger partial charge in [-0.3, -0.25) is 0 Å². The lowest BCUT2D eigenvalue weighted by Gasteiger charge is -2.51. The predicted molar refractivity (Wildman–Crippen MR) is 82.4 cm³/mol. The Balaban J connectivity index is 1.94. The molecule has 0 aliphatic heterocycles. The van der Waals surface area contributed by atoms with Crippen molar-refractivity contribution in [1.82, 2.24) is 0 Å². The molecule has 1 fully saturated rings. The van der Waals surface area contributed by atoms with Gasteiger partial charge in [0.2, 0.25) is 0 Å². The van der Waals surface area contributed by atoms with Crippen molar-refractivity contribution >= 4 is 0 Å². The van der Waals surface area contributed by atoms with E-state index in [1.807, 2.05) is 0 Å². The summed E-state index contributed by atoms with van der Waals surface area (Å²) in [5.41, 5.74) is 6.22. The quantitative estimate of drug-likeness (QED) is 0.589. The van der Waals surface area contributed by atoms with Crippen molar-refractivity contribution in [3.63, 3.8) is 0 Å². The van der Waals surface area contributed by atoms with Crippen LogP contribution in [0.4, 0.5) is 0 Å². The highest BCUT2D eigenvalue weighted by Crippen LogP contribution is 2.58. The molecule has 0 unspecified atom stereocenters. The van der Waals surface area contributed by atoms with Gasteiger partial charge in [0.1, 0.15) is 0 Å². The first-order valence-electron chi connectivity index (χ1n) is 7.77. The van der Waals surface area contributed by atoms with Gasteiger partial charge in [-0.25, -0.2) is 0 Å². The molecule has 19 heavy (non-hydrogen) atoms. The molecule has 0 radical (unpaired) electrons. The van der Waals surface area contributed by atoms with Crippen LogP contribution in [0.2, 0.25) is 0 Å². The Kier molecular flexibility index (Phi) is 2.69. The number of fused-ring (bicyclic) bond motifs is 1. The molecule has 0 N–H and O–H groups in total. The Hall–Kier alpha value is -0.780. The van der Waals surface area contributed by atoms with E-state index in [0.717, 1.165) is 0 Å². The van der Waals surface area contributed by atoms with Crippen LogP contribution in [0.3, 0.4) is 0 Å². The zero-order chi connectivity index (χ0) is 13.9. The van der Waals surface area contributed by atoms with E-state index in [2.05, 4.69) is 52.8 Å². The maximum absolute atomic E-state index is 2.48. The second-order valence-electron chi connectivity index (χ2n) is 8.98. The van der Waals surface area contributed by atoms with Crippen LogP contribution in [0.25, 0.3) is 0 Å². The van der Waals surface area contributed by atoms with E-state index in [1.54, 1.807) is 11.1 Å². The lowest BCUT2D eigenvalue weighted by Crippen LogP contribution is -2.42. The molecule has 0 atom stereocenters. The van der Waals surface area contributed by atoms with Gasteiger partial charge in [0.05, 0.1) is 0 Å². The zero-order valence-electron chi connectivity index (χ0n) is 13.3. The van der Waals surface area contributed by atoms with E-state index in [1.165, 1.54) is 37.7 Å². The standard InChI is InChI=1S/C19H28/c1-14-6-7-15-9-19(10-16(15)8-14)12-17(2,3)11-18(4,5)13-19/h6-8H,9-13H2,1-5H3. The van der Waals surface area contributed by atoms with Gasteiger partial charge in [-0.1, -0.05) is 51.5 Å². The second-order valence-corrected chi connectivity index (χ2v) is 8.98. The molecule has 1 saturated carbocycles. The fourth-order valence-electron chi connectivity index (χ4n) is 5.73. The van der Waals surface area contributed by atoms with E-state index in [4.69, 9.17) is 0 Å². The van der Waals surface area contributed by atoms with Crippen molar-refractivity contribution in [3.8, 4) is 0 Å². The molecule has 1 aromatic carbocycles. The third-order valence-corrected chi connectivity index (χ3v) is 5.16. The first-order valence-corrected chi connectivity index (χ1v) is 7.77. The average molecular weight is 256 g/mol. The van der Waals surface area contributed by atoms with Crippen LogP contribution in [-0.2, 0) is 12.8 Å². The molecule has 0 saturated heterocycles. The number of rotatable bonds is 0. The molecule has 2 aliphatic carbocycles. The topological polar surface area (TPSA) is 0 Å². The normalized spacial score (nSPS) is 26.4. The smallest absolute Gasteiger partial charge is 0.0206 e. The molecular formula is C19H28. The lowest BCUT2D eigenvalue weighted by atomic mass is 9.54. The SMILES string of the molecule is Cc1ccc2c(c1)CC1(C2)CC(C)(C)CC(C)(C)C1. The highest BCUT2D eigenvalue weighted by atomic mass is 14.5. The molecule has 104 valence electrons. The third kappa shape index (κ3) is 2.47. The highest BCUT2D eigenvalue weighted by Gasteiger charge is 2.49. The molecule has 0 heterocycles. The van der Waals surface area contributed by atoms with E-state index < -0.39 is 0 Å². The highest BCUT2D eigenvalue weighted by molar-refractivity contribution is 5.38. The van der Waals surface area contributed by atoms with E-state index >= 15 is 0 Å². The molecule has 2 aliphatic rings. The van der Waals surface area contributed by atoms with Crippen LogP contribution in [0.1, 0.15) is 63.6 Å². The van der Waals surface area contributed by atoms with Gasteiger partial charge in [0.15, 0.2) is 0 Å². The molecule has 1 aromatic rings. The first-order chi connectivity index (χ1) is 8.69. The first kappa shape index (κ1) is 13.2. The van der Waals surface area contributed by atoms with E-state index in [-0.39, 0.29) is 0 Å². The summed E-state index contributed by atoms with van der Waals surface area (Å²) in [7, 11) is 0. The molecule has 0 bridgehead atoms. The number of benzene rings is 1. The minimum Gasteiger partial charge on any atom is -0.0599 e. The lowest BCUT2D eigenvalue weighted by molar-refractivity contribution is 0.00380. The van der Waals surface area contributed by atoms with Crippen LogP contribution in [0.15, 0.2) is 18.2 Å². The summed E-state index contributed by atoms with van der Waals surface area (Å²) in [5, 5.41) is 0. The summed E-state index contributed by atoms with van der Waals surface area (Å²) < 4.78 is 0. The van der Waals surface area contributed by atoms with Gasteiger partial charge in [-0.05, 0) is 66.4 Å². The third-order valence-electron chi connectivity index (χ3n) is 5.16. The van der Waals surface area contributed by atoms with Crippen LogP contribution in [-0.4, -0.2) is 0 Å². The van der Waals surface area contributed by atoms with Gasteiger partial charge >= 0.3 is 0 Å². The summed E-state index contributed by atoms with van der Waals surface area (Å²) in [4.78, 5) is 0.